The minimum Gasteiger partial charge on any atom is -0.492 e. The third-order valence-corrected chi connectivity index (χ3v) is 4.18. The van der Waals surface area contributed by atoms with Gasteiger partial charge >= 0.3 is 0 Å². The van der Waals surface area contributed by atoms with E-state index in [1.807, 2.05) is 24.3 Å². The smallest absolute Gasteiger partial charge is 0.120 e. The van der Waals surface area contributed by atoms with Gasteiger partial charge in [0.05, 0.1) is 0 Å². The van der Waals surface area contributed by atoms with Gasteiger partial charge in [0.15, 0.2) is 0 Å². The van der Waals surface area contributed by atoms with Crippen LogP contribution in [0.25, 0.3) is 0 Å². The van der Waals surface area contributed by atoms with Crippen LogP contribution in [0.3, 0.4) is 0 Å². The number of halogens is 1. The van der Waals surface area contributed by atoms with Crippen LogP contribution in [0.15, 0.2) is 28.7 Å². The Hall–Kier alpha value is -0.540. The summed E-state index contributed by atoms with van der Waals surface area (Å²) in [5.74, 6) is 0.951. The first-order valence-electron chi connectivity index (χ1n) is 6.92. The van der Waals surface area contributed by atoms with E-state index >= 15 is 0 Å². The van der Waals surface area contributed by atoms with Crippen molar-refractivity contribution in [3.8, 4) is 5.75 Å². The van der Waals surface area contributed by atoms with E-state index in [9.17, 15) is 0 Å². The molecule has 0 saturated heterocycles. The van der Waals surface area contributed by atoms with Crippen LogP contribution in [0, 0.1) is 0 Å². The second-order valence-corrected chi connectivity index (χ2v) is 5.79. The summed E-state index contributed by atoms with van der Waals surface area (Å²) in [5.41, 5.74) is 0. The van der Waals surface area contributed by atoms with Crippen LogP contribution in [0.4, 0.5) is 0 Å². The van der Waals surface area contributed by atoms with Gasteiger partial charge in [-0.15, -0.1) is 0 Å². The third-order valence-electron chi connectivity index (χ3n) is 3.69. The molecule has 100 valence electrons. The number of likely N-dealkylation sites (N-methyl/N-ethyl adjacent to an activating group) is 1. The van der Waals surface area contributed by atoms with E-state index in [4.69, 9.17) is 4.74 Å². The molecule has 1 fully saturated rings. The zero-order valence-electron chi connectivity index (χ0n) is 11.1. The molecule has 1 aliphatic carbocycles. The van der Waals surface area contributed by atoms with Crippen molar-refractivity contribution in [1.29, 1.82) is 0 Å². The minimum absolute atomic E-state index is 0.779. The highest BCUT2D eigenvalue weighted by Gasteiger charge is 2.20. The maximum absolute atomic E-state index is 5.81. The topological polar surface area (TPSA) is 12.5 Å². The van der Waals surface area contributed by atoms with Gasteiger partial charge in [-0.05, 0) is 37.6 Å². The molecule has 0 aromatic heterocycles. The van der Waals surface area contributed by atoms with Gasteiger partial charge in [0.2, 0.25) is 0 Å². The van der Waals surface area contributed by atoms with Crippen molar-refractivity contribution in [2.45, 2.75) is 38.6 Å². The highest BCUT2D eigenvalue weighted by molar-refractivity contribution is 9.10. The molecule has 1 aromatic carbocycles. The van der Waals surface area contributed by atoms with Crippen molar-refractivity contribution in [2.75, 3.05) is 19.7 Å². The molecule has 0 aliphatic heterocycles. The summed E-state index contributed by atoms with van der Waals surface area (Å²) in [6.45, 7) is 5.19. The first-order chi connectivity index (χ1) is 8.79. The Morgan fingerprint density at radius 2 is 2.11 bits per heavy atom. The summed E-state index contributed by atoms with van der Waals surface area (Å²) in [6, 6.07) is 8.85. The summed E-state index contributed by atoms with van der Waals surface area (Å²) in [7, 11) is 0. The lowest BCUT2D eigenvalue weighted by molar-refractivity contribution is 0.168. The number of hydrogen-bond acceptors (Lipinski definition) is 2. The molecular formula is C15H22BrNO. The Kier molecular flexibility index (Phi) is 5.51. The van der Waals surface area contributed by atoms with Gasteiger partial charge in [0.25, 0.3) is 0 Å². The normalized spacial score (nSPS) is 16.4. The van der Waals surface area contributed by atoms with E-state index in [0.717, 1.165) is 36.0 Å². The molecule has 0 heterocycles. The predicted octanol–water partition coefficient (Wildman–Crippen LogP) is 4.09. The molecular weight excluding hydrogens is 290 g/mol. The van der Waals surface area contributed by atoms with Gasteiger partial charge in [0.1, 0.15) is 12.4 Å². The maximum Gasteiger partial charge on any atom is 0.120 e. The number of nitrogens with zero attached hydrogens (tertiary/aromatic N) is 1. The zero-order valence-corrected chi connectivity index (χ0v) is 12.7. The lowest BCUT2D eigenvalue weighted by Gasteiger charge is -2.27. The van der Waals surface area contributed by atoms with Gasteiger partial charge in [-0.1, -0.05) is 41.8 Å². The monoisotopic (exact) mass is 311 g/mol. The van der Waals surface area contributed by atoms with Crippen LogP contribution < -0.4 is 4.74 Å². The maximum atomic E-state index is 5.81. The lowest BCUT2D eigenvalue weighted by Crippen LogP contribution is -2.36. The largest absolute Gasteiger partial charge is 0.492 e. The average molecular weight is 312 g/mol. The molecule has 2 rings (SSSR count). The van der Waals surface area contributed by atoms with E-state index in [2.05, 4.69) is 27.8 Å². The van der Waals surface area contributed by atoms with Crippen molar-refractivity contribution >= 4 is 15.9 Å². The molecule has 0 amide bonds. The van der Waals surface area contributed by atoms with Gasteiger partial charge in [-0.25, -0.2) is 0 Å². The summed E-state index contributed by atoms with van der Waals surface area (Å²) in [4.78, 5) is 2.56. The van der Waals surface area contributed by atoms with Gasteiger partial charge in [-0.3, -0.25) is 4.90 Å². The molecule has 2 nitrogen and oxygen atoms in total. The van der Waals surface area contributed by atoms with Gasteiger partial charge in [0, 0.05) is 17.1 Å². The quantitative estimate of drug-likeness (QED) is 0.784. The van der Waals surface area contributed by atoms with Crippen LogP contribution in [-0.2, 0) is 0 Å². The highest BCUT2D eigenvalue weighted by atomic mass is 79.9. The fourth-order valence-electron chi connectivity index (χ4n) is 2.71. The fraction of sp³-hybridized carbons (Fsp3) is 0.600. The number of rotatable bonds is 6. The van der Waals surface area contributed by atoms with Crippen LogP contribution in [-0.4, -0.2) is 30.6 Å². The molecule has 18 heavy (non-hydrogen) atoms. The summed E-state index contributed by atoms with van der Waals surface area (Å²) in [6.07, 6.45) is 5.52. The third kappa shape index (κ3) is 3.99. The summed E-state index contributed by atoms with van der Waals surface area (Å²) in [5, 5.41) is 0. The lowest BCUT2D eigenvalue weighted by atomic mass is 10.2. The van der Waals surface area contributed by atoms with Crippen molar-refractivity contribution in [3.63, 3.8) is 0 Å². The van der Waals surface area contributed by atoms with Crippen LogP contribution >= 0.6 is 15.9 Å². The zero-order chi connectivity index (χ0) is 12.8. The fourth-order valence-corrected chi connectivity index (χ4v) is 3.08. The molecule has 0 bridgehead atoms. The van der Waals surface area contributed by atoms with Crippen molar-refractivity contribution in [3.05, 3.63) is 28.7 Å². The van der Waals surface area contributed by atoms with E-state index < -0.39 is 0 Å². The number of benzene rings is 1. The standard InChI is InChI=1S/C15H22BrNO/c1-2-17(14-7-3-4-8-14)10-11-18-15-9-5-6-13(16)12-15/h5-6,9,12,14H,2-4,7-8,10-11H2,1H3. The van der Waals surface area contributed by atoms with Crippen LogP contribution in [0.5, 0.6) is 5.75 Å². The van der Waals surface area contributed by atoms with Crippen molar-refractivity contribution < 1.29 is 4.74 Å². The second-order valence-electron chi connectivity index (χ2n) is 4.87. The molecule has 0 unspecified atom stereocenters. The molecule has 1 aliphatic rings. The molecule has 0 atom stereocenters. The Morgan fingerprint density at radius 1 is 1.33 bits per heavy atom. The SMILES string of the molecule is CCN(CCOc1cccc(Br)c1)C1CCCC1. The minimum atomic E-state index is 0.779. The second kappa shape index (κ2) is 7.15. The Bertz CT molecular complexity index is 363. The van der Waals surface area contributed by atoms with E-state index in [0.29, 0.717) is 0 Å². The van der Waals surface area contributed by atoms with Gasteiger partial charge in [-0.2, -0.15) is 0 Å². The summed E-state index contributed by atoms with van der Waals surface area (Å²) < 4.78 is 6.88. The highest BCUT2D eigenvalue weighted by Crippen LogP contribution is 2.23. The Labute approximate surface area is 118 Å². The summed E-state index contributed by atoms with van der Waals surface area (Å²) >= 11 is 3.46. The van der Waals surface area contributed by atoms with Crippen LogP contribution in [0.1, 0.15) is 32.6 Å². The molecule has 0 radical (unpaired) electrons. The van der Waals surface area contributed by atoms with Gasteiger partial charge < -0.3 is 4.74 Å². The Balaban J connectivity index is 1.76. The first kappa shape index (κ1) is 13.9. The van der Waals surface area contributed by atoms with E-state index in [-0.39, 0.29) is 0 Å². The van der Waals surface area contributed by atoms with Crippen LogP contribution in [0.2, 0.25) is 0 Å². The van der Waals surface area contributed by atoms with Crippen molar-refractivity contribution in [2.24, 2.45) is 0 Å². The predicted molar refractivity (Wildman–Crippen MR) is 79.1 cm³/mol. The molecule has 3 heteroatoms. The molecule has 0 spiro atoms. The molecule has 1 aromatic rings. The Morgan fingerprint density at radius 3 is 2.78 bits per heavy atom. The first-order valence-corrected chi connectivity index (χ1v) is 7.71. The average Bonchev–Trinajstić information content (AvgIpc) is 2.88. The molecule has 0 N–H and O–H groups in total. The van der Waals surface area contributed by atoms with Crippen molar-refractivity contribution in [1.82, 2.24) is 4.90 Å². The van der Waals surface area contributed by atoms with E-state index in [1.54, 1.807) is 0 Å². The van der Waals surface area contributed by atoms with E-state index in [1.165, 1.54) is 25.7 Å². The number of hydrogen-bond donors (Lipinski definition) is 0. The molecule has 1 saturated carbocycles. The number of ether oxygens (including phenoxy) is 1.